The van der Waals surface area contributed by atoms with Gasteiger partial charge in [0, 0.05) is 47.9 Å². The first-order chi connectivity index (χ1) is 42.7. The summed E-state index contributed by atoms with van der Waals surface area (Å²) in [4.78, 5) is 82.6. The van der Waals surface area contributed by atoms with Crippen LogP contribution in [0.5, 0.6) is 0 Å². The number of aryl methyl sites for hydroxylation is 4. The van der Waals surface area contributed by atoms with E-state index in [-0.39, 0.29) is 120 Å². The van der Waals surface area contributed by atoms with E-state index in [0.29, 0.717) is 64.7 Å². The third-order valence-electron chi connectivity index (χ3n) is 17.5. The first-order valence-corrected chi connectivity index (χ1v) is 31.6. The van der Waals surface area contributed by atoms with Crippen molar-refractivity contribution in [1.82, 2.24) is 9.80 Å². The van der Waals surface area contributed by atoms with E-state index in [1.807, 2.05) is 36.4 Å². The molecule has 0 aromatic heterocycles. The summed E-state index contributed by atoms with van der Waals surface area (Å²) in [6, 6.07) is 29.0. The van der Waals surface area contributed by atoms with Gasteiger partial charge in [0.1, 0.15) is 18.4 Å². The minimum atomic E-state index is -5.67. The number of rotatable bonds is 15. The van der Waals surface area contributed by atoms with Gasteiger partial charge in [0.25, 0.3) is 11.8 Å². The van der Waals surface area contributed by atoms with E-state index in [0.717, 1.165) is 68.1 Å². The second-order valence-corrected chi connectivity index (χ2v) is 24.9. The van der Waals surface area contributed by atoms with Gasteiger partial charge >= 0.3 is 71.5 Å². The number of hydrogen-bond acceptors (Lipinski definition) is 10. The number of hydrogen-bond donors (Lipinski definition) is 3. The average Bonchev–Trinajstić information content (AvgIpc) is 1.01. The van der Waals surface area contributed by atoms with Crippen LogP contribution in [0.25, 0.3) is 0 Å². The van der Waals surface area contributed by atoms with E-state index in [4.69, 9.17) is 0 Å². The summed E-state index contributed by atoms with van der Waals surface area (Å²) in [5, 5.41) is 9.68. The van der Waals surface area contributed by atoms with E-state index >= 15 is 4.39 Å². The standard InChI is InChI=1S/C34H38F4N3O6P.C33H35F4N3O2.CH4.2Na/c1-21-12-17-26(19-28(21)34(36,37)38)41(20-47-48(44,45)46)32(42)27-10-6-18-40(33(43)30-22(2)7-5-11-29(30)35)31(27)23-13-15-25(16-14-23)39-24-8-3-4-9-24;1-20-12-15-25(19-27(20)33(35,36)37)39-31(41)26-10-6-18-40(32(42)29-21(2)7-5-11-28(29)34)30(26)22-13-16-24(17-14-22)38-23-8-3-4-9-23;;;/h5,7,11-17,19,24,27,31,39H,3-4,6,8-10,18,20H2,1-2H3,(H2,44,45,46);5,7,11-17,19,23,26,30,38H,3-4,6,8-10,18H2,1-2H3,(H,39,41);1H4;;/q;;;2*+1/p-2/t27-,31-;26-,30-;;;/m00.../s1. The summed E-state index contributed by atoms with van der Waals surface area (Å²) in [5.74, 6) is -5.85. The van der Waals surface area contributed by atoms with Crippen LogP contribution in [0.3, 0.4) is 0 Å². The van der Waals surface area contributed by atoms with Gasteiger partial charge in [0.15, 0.2) is 0 Å². The zero-order valence-electron chi connectivity index (χ0n) is 52.2. The molecule has 6 aromatic carbocycles. The number of likely N-dealkylation sites (tertiary alicyclic amines) is 2. The van der Waals surface area contributed by atoms with Crippen LogP contribution in [0.4, 0.5) is 57.9 Å². The number of anilines is 4. The van der Waals surface area contributed by atoms with Crippen molar-refractivity contribution in [3.8, 4) is 0 Å². The molecule has 0 radical (unpaired) electrons. The molecule has 0 bridgehead atoms. The molecule has 488 valence electrons. The van der Waals surface area contributed by atoms with Gasteiger partial charge in [-0.2, -0.15) is 26.3 Å². The predicted molar refractivity (Wildman–Crippen MR) is 329 cm³/mol. The molecule has 6 aromatic rings. The molecular weight excluding hydrogens is 1260 g/mol. The van der Waals surface area contributed by atoms with Gasteiger partial charge in [-0.3, -0.25) is 24.1 Å². The maximum atomic E-state index is 15.1. The Morgan fingerprint density at radius 2 is 0.957 bits per heavy atom. The molecule has 2 saturated carbocycles. The van der Waals surface area contributed by atoms with Crippen molar-refractivity contribution < 1.29 is 132 Å². The smallest absolute Gasteiger partial charge is 0.790 e. The van der Waals surface area contributed by atoms with Gasteiger partial charge in [-0.05, 0) is 173 Å². The zero-order chi connectivity index (χ0) is 64.8. The Morgan fingerprint density at radius 1 is 0.548 bits per heavy atom. The van der Waals surface area contributed by atoms with E-state index in [1.54, 1.807) is 38.1 Å². The van der Waals surface area contributed by atoms with Crippen LogP contribution in [0, 0.1) is 51.2 Å². The number of nitrogens with one attached hydrogen (secondary N) is 3. The molecule has 2 aliphatic carbocycles. The average molecular weight is 1330 g/mol. The monoisotopic (exact) mass is 1330 g/mol. The third kappa shape index (κ3) is 18.9. The summed E-state index contributed by atoms with van der Waals surface area (Å²) in [6.45, 7) is 5.11. The van der Waals surface area contributed by atoms with Crippen molar-refractivity contribution in [1.29, 1.82) is 0 Å². The quantitative estimate of drug-likeness (QED) is 0.0388. The molecule has 10 rings (SSSR count). The van der Waals surface area contributed by atoms with Crippen molar-refractivity contribution in [2.24, 2.45) is 11.8 Å². The number of amides is 4. The number of piperidine rings is 2. The molecule has 4 amide bonds. The topological polar surface area (TPSA) is 187 Å². The largest absolute Gasteiger partial charge is 1.00 e. The SMILES string of the molecule is C.Cc1ccc(N(COP(=O)([O-])[O-])C(=O)[C@H]2CCCN(C(=O)c3c(C)cccc3F)[C@H]2c2ccc(NC3CCCC3)cc2)cc1C(F)(F)F.Cc1ccc(NC(=O)[C@H]2CCCN(C(=O)c3c(C)cccc3F)[C@H]2c2ccc(NC3CCCC3)cc2)cc1C(F)(F)F.[Na+].[Na+]. The van der Waals surface area contributed by atoms with Gasteiger partial charge < -0.3 is 44.6 Å². The summed E-state index contributed by atoms with van der Waals surface area (Å²) in [7, 11) is -5.67. The summed E-state index contributed by atoms with van der Waals surface area (Å²) < 4.78 is 128. The molecule has 2 heterocycles. The number of alkyl halides is 6. The van der Waals surface area contributed by atoms with E-state index in [9.17, 15) is 64.3 Å². The number of carbonyl (C=O) groups excluding carboxylic acids is 4. The van der Waals surface area contributed by atoms with Crippen LogP contribution in [-0.4, -0.2) is 65.3 Å². The fraction of sp³-hybridized carbons (Fsp3) is 0.412. The Bertz CT molecular complexity index is 3580. The van der Waals surface area contributed by atoms with Gasteiger partial charge in [-0.1, -0.05) is 93.8 Å². The normalized spacial score (nSPS) is 18.6. The Morgan fingerprint density at radius 3 is 1.39 bits per heavy atom. The molecule has 4 atom stereocenters. The van der Waals surface area contributed by atoms with Crippen molar-refractivity contribution >= 4 is 54.2 Å². The molecule has 25 heteroatoms. The van der Waals surface area contributed by atoms with E-state index in [1.165, 1.54) is 72.9 Å². The molecule has 2 saturated heterocycles. The molecule has 4 aliphatic rings. The fourth-order valence-corrected chi connectivity index (χ4v) is 13.2. The minimum Gasteiger partial charge on any atom is -0.790 e. The van der Waals surface area contributed by atoms with Crippen LogP contribution in [0.15, 0.2) is 121 Å². The Balaban J connectivity index is 0.000000288. The van der Waals surface area contributed by atoms with Gasteiger partial charge in [0.05, 0.1) is 54.0 Å². The van der Waals surface area contributed by atoms with E-state index in [2.05, 4.69) is 20.5 Å². The minimum absolute atomic E-state index is 0. The molecular formula is C68H75F8N6Na2O8P. The third-order valence-corrected chi connectivity index (χ3v) is 18.0. The first kappa shape index (κ1) is 76.4. The molecule has 0 spiro atoms. The predicted octanol–water partition coefficient (Wildman–Crippen LogP) is 8.94. The van der Waals surface area contributed by atoms with Crippen LogP contribution in [0.1, 0.15) is 162 Å². The first-order valence-electron chi connectivity index (χ1n) is 30.2. The Kier molecular flexibility index (Phi) is 27.0. The summed E-state index contributed by atoms with van der Waals surface area (Å²) in [6.07, 6.45) is 0.817. The van der Waals surface area contributed by atoms with E-state index < -0.39 is 97.2 Å². The molecule has 2 aliphatic heterocycles. The van der Waals surface area contributed by atoms with Crippen LogP contribution in [0.2, 0.25) is 0 Å². The number of phosphoric acid groups is 1. The number of carbonyl (C=O) groups is 4. The number of benzene rings is 6. The number of nitrogens with zero attached hydrogens (tertiary/aromatic N) is 3. The Hall–Kier alpha value is -5.65. The second-order valence-electron chi connectivity index (χ2n) is 23.7. The van der Waals surface area contributed by atoms with Gasteiger partial charge in [0.2, 0.25) is 11.8 Å². The molecule has 93 heavy (non-hydrogen) atoms. The Labute approximate surface area is 581 Å². The number of halogens is 8. The molecule has 4 fully saturated rings. The second kappa shape index (κ2) is 32.9. The van der Waals surface area contributed by atoms with Crippen LogP contribution < -0.4 is 89.8 Å². The molecule has 3 N–H and O–H groups in total. The summed E-state index contributed by atoms with van der Waals surface area (Å²) in [5.41, 5.74) is 1.30. The molecule has 14 nitrogen and oxygen atoms in total. The van der Waals surface area contributed by atoms with Crippen LogP contribution >= 0.6 is 7.82 Å². The summed E-state index contributed by atoms with van der Waals surface area (Å²) >= 11 is 0. The maximum absolute atomic E-state index is 15.1. The van der Waals surface area contributed by atoms with Gasteiger partial charge in [-0.15, -0.1) is 0 Å². The zero-order valence-corrected chi connectivity index (χ0v) is 57.1. The van der Waals surface area contributed by atoms with Crippen molar-refractivity contribution in [3.63, 3.8) is 0 Å². The van der Waals surface area contributed by atoms with Crippen molar-refractivity contribution in [2.45, 2.75) is 149 Å². The van der Waals surface area contributed by atoms with Crippen LogP contribution in [-0.2, 0) is 31.0 Å². The molecule has 0 unspecified atom stereocenters. The fourth-order valence-electron chi connectivity index (χ4n) is 13.0. The number of phosphoric ester groups is 1. The van der Waals surface area contributed by atoms with Crippen molar-refractivity contribution in [3.05, 3.63) is 189 Å². The van der Waals surface area contributed by atoms with Gasteiger partial charge in [-0.25, -0.2) is 8.78 Å². The van der Waals surface area contributed by atoms with Crippen molar-refractivity contribution in [2.75, 3.05) is 40.7 Å². The maximum Gasteiger partial charge on any atom is 1.00 e.